The van der Waals surface area contributed by atoms with E-state index in [4.69, 9.17) is 5.73 Å². The highest BCUT2D eigenvalue weighted by molar-refractivity contribution is 5.94. The molecule has 0 unspecified atom stereocenters. The van der Waals surface area contributed by atoms with Crippen LogP contribution in [0.15, 0.2) is 42.6 Å². The molecule has 2 amide bonds. The highest BCUT2D eigenvalue weighted by Crippen LogP contribution is 2.26. The van der Waals surface area contributed by atoms with Crippen LogP contribution in [0.25, 0.3) is 11.3 Å². The molecule has 0 bridgehead atoms. The minimum Gasteiger partial charge on any atom is -0.352 e. The summed E-state index contributed by atoms with van der Waals surface area (Å²) in [4.78, 5) is 29.8. The molecule has 32 heavy (non-hydrogen) atoms. The Kier molecular flexibility index (Phi) is 7.15. The van der Waals surface area contributed by atoms with Gasteiger partial charge in [0.25, 0.3) is 5.91 Å². The van der Waals surface area contributed by atoms with E-state index in [0.29, 0.717) is 23.2 Å². The molecule has 7 heteroatoms. The maximum atomic E-state index is 13.4. The van der Waals surface area contributed by atoms with Crippen LogP contribution in [0.5, 0.6) is 0 Å². The molecule has 0 spiro atoms. The van der Waals surface area contributed by atoms with E-state index < -0.39 is 0 Å². The molecular formula is C25H31FN4O2. The summed E-state index contributed by atoms with van der Waals surface area (Å²) in [5, 5.41) is 6.21. The third-order valence-corrected chi connectivity index (χ3v) is 6.67. The second-order valence-electron chi connectivity index (χ2n) is 9.04. The Labute approximate surface area is 188 Å². The lowest BCUT2D eigenvalue weighted by atomic mass is 9.84. The van der Waals surface area contributed by atoms with Crippen LogP contribution in [-0.2, 0) is 4.79 Å². The predicted molar refractivity (Wildman–Crippen MR) is 121 cm³/mol. The molecule has 1 heterocycles. The predicted octanol–water partition coefficient (Wildman–Crippen LogP) is 3.56. The van der Waals surface area contributed by atoms with Crippen LogP contribution < -0.4 is 16.4 Å². The normalized spacial score (nSPS) is 25.7. The highest BCUT2D eigenvalue weighted by Gasteiger charge is 2.31. The van der Waals surface area contributed by atoms with Gasteiger partial charge in [0.15, 0.2) is 0 Å². The molecule has 2 aliphatic carbocycles. The van der Waals surface area contributed by atoms with E-state index in [1.165, 1.54) is 18.3 Å². The smallest absolute Gasteiger partial charge is 0.253 e. The number of hydrogen-bond acceptors (Lipinski definition) is 4. The lowest BCUT2D eigenvalue weighted by Crippen LogP contribution is -2.52. The van der Waals surface area contributed by atoms with Gasteiger partial charge in [-0.15, -0.1) is 0 Å². The molecule has 4 N–H and O–H groups in total. The zero-order valence-corrected chi connectivity index (χ0v) is 18.2. The van der Waals surface area contributed by atoms with Crippen molar-refractivity contribution >= 4 is 11.8 Å². The van der Waals surface area contributed by atoms with Crippen molar-refractivity contribution in [3.05, 3.63) is 54.0 Å². The maximum absolute atomic E-state index is 13.4. The molecular weight excluding hydrogens is 407 g/mol. The fraction of sp³-hybridized carbons (Fsp3) is 0.480. The number of carbonyl (C=O) groups excluding carboxylic acids is 2. The molecule has 0 saturated heterocycles. The molecule has 1 aromatic heterocycles. The van der Waals surface area contributed by atoms with Gasteiger partial charge in [-0.2, -0.15) is 0 Å². The summed E-state index contributed by atoms with van der Waals surface area (Å²) in [6, 6.07) is 9.66. The zero-order valence-electron chi connectivity index (χ0n) is 18.2. The quantitative estimate of drug-likeness (QED) is 0.665. The van der Waals surface area contributed by atoms with Crippen LogP contribution in [0.2, 0.25) is 0 Å². The lowest BCUT2D eigenvalue weighted by Gasteiger charge is -2.33. The number of halogens is 1. The van der Waals surface area contributed by atoms with Gasteiger partial charge in [-0.3, -0.25) is 14.6 Å². The molecule has 4 atom stereocenters. The number of benzene rings is 1. The third kappa shape index (κ3) is 5.51. The Morgan fingerprint density at radius 1 is 1.00 bits per heavy atom. The first-order valence-electron chi connectivity index (χ1n) is 11.6. The van der Waals surface area contributed by atoms with Crippen molar-refractivity contribution in [2.45, 2.75) is 69.5 Å². The van der Waals surface area contributed by atoms with Gasteiger partial charge in [0.05, 0.1) is 11.3 Å². The molecule has 170 valence electrons. The number of nitrogens with one attached hydrogen (secondary N) is 2. The Bertz CT molecular complexity index is 949. The standard InChI is InChI=1S/C25H31FN4O2/c26-19-7-3-5-16(13-19)22-12-11-18(15-28-22)25(32)29-20-8-4-6-17(14-20)24(31)30-23-10-2-1-9-21(23)27/h3,5,7,11-13,15,17,20-21,23H,1-2,4,6,8-10,14,27H2,(H,29,32)(H,30,31)/t17-,20+,21+,23-/m1/s1. The van der Waals surface area contributed by atoms with Gasteiger partial charge < -0.3 is 16.4 Å². The number of aromatic nitrogens is 1. The Morgan fingerprint density at radius 3 is 2.59 bits per heavy atom. The number of rotatable bonds is 5. The largest absolute Gasteiger partial charge is 0.352 e. The molecule has 2 aliphatic rings. The summed E-state index contributed by atoms with van der Waals surface area (Å²) < 4.78 is 13.4. The number of carbonyl (C=O) groups is 2. The summed E-state index contributed by atoms with van der Waals surface area (Å²) in [5.41, 5.74) is 7.89. The van der Waals surface area contributed by atoms with E-state index in [9.17, 15) is 14.0 Å². The van der Waals surface area contributed by atoms with Gasteiger partial charge >= 0.3 is 0 Å². The summed E-state index contributed by atoms with van der Waals surface area (Å²) >= 11 is 0. The van der Waals surface area contributed by atoms with Crippen LogP contribution in [0.3, 0.4) is 0 Å². The topological polar surface area (TPSA) is 97.1 Å². The van der Waals surface area contributed by atoms with Gasteiger partial charge in [-0.05, 0) is 56.4 Å². The van der Waals surface area contributed by atoms with E-state index >= 15 is 0 Å². The number of amides is 2. The van der Waals surface area contributed by atoms with Crippen molar-refractivity contribution in [2.75, 3.05) is 0 Å². The van der Waals surface area contributed by atoms with Crippen LogP contribution in [-0.4, -0.2) is 34.9 Å². The molecule has 0 aliphatic heterocycles. The minimum absolute atomic E-state index is 0.0367. The first kappa shape index (κ1) is 22.4. The van der Waals surface area contributed by atoms with Gasteiger partial charge in [0.2, 0.25) is 5.91 Å². The average Bonchev–Trinajstić information content (AvgIpc) is 2.81. The van der Waals surface area contributed by atoms with E-state index in [-0.39, 0.29) is 41.7 Å². The fourth-order valence-electron chi connectivity index (χ4n) is 4.81. The summed E-state index contributed by atoms with van der Waals surface area (Å²) in [5.74, 6) is -0.569. The number of pyridine rings is 1. The van der Waals surface area contributed by atoms with Crippen molar-refractivity contribution in [2.24, 2.45) is 11.7 Å². The molecule has 2 fully saturated rings. The molecule has 6 nitrogen and oxygen atoms in total. The zero-order chi connectivity index (χ0) is 22.5. The van der Waals surface area contributed by atoms with Crippen molar-refractivity contribution in [3.8, 4) is 11.3 Å². The number of nitrogens with two attached hydrogens (primary N) is 1. The molecule has 2 aromatic rings. The fourth-order valence-corrected chi connectivity index (χ4v) is 4.81. The molecule has 0 radical (unpaired) electrons. The van der Waals surface area contributed by atoms with Gasteiger partial charge in [-0.25, -0.2) is 4.39 Å². The SMILES string of the molecule is N[C@H]1CCCC[C@H]1NC(=O)[C@@H]1CCC[C@H](NC(=O)c2ccc(-c3cccc(F)c3)nc2)C1. The molecule has 1 aromatic carbocycles. The van der Waals surface area contributed by atoms with E-state index in [1.807, 2.05) is 0 Å². The second-order valence-corrected chi connectivity index (χ2v) is 9.04. The van der Waals surface area contributed by atoms with Crippen molar-refractivity contribution in [3.63, 3.8) is 0 Å². The number of hydrogen-bond donors (Lipinski definition) is 3. The Balaban J connectivity index is 1.32. The highest BCUT2D eigenvalue weighted by atomic mass is 19.1. The van der Waals surface area contributed by atoms with Crippen molar-refractivity contribution in [1.29, 1.82) is 0 Å². The van der Waals surface area contributed by atoms with Crippen LogP contribution in [0, 0.1) is 11.7 Å². The van der Waals surface area contributed by atoms with E-state index in [2.05, 4.69) is 15.6 Å². The van der Waals surface area contributed by atoms with Crippen molar-refractivity contribution < 1.29 is 14.0 Å². The minimum atomic E-state index is -0.326. The average molecular weight is 439 g/mol. The summed E-state index contributed by atoms with van der Waals surface area (Å²) in [6.07, 6.45) is 8.87. The van der Waals surface area contributed by atoms with Crippen LogP contribution in [0.1, 0.15) is 61.7 Å². The van der Waals surface area contributed by atoms with Gasteiger partial charge in [-0.1, -0.05) is 31.4 Å². The Morgan fingerprint density at radius 2 is 1.84 bits per heavy atom. The lowest BCUT2D eigenvalue weighted by molar-refractivity contribution is -0.127. The first-order chi connectivity index (χ1) is 15.5. The summed E-state index contributed by atoms with van der Waals surface area (Å²) in [7, 11) is 0. The maximum Gasteiger partial charge on any atom is 0.253 e. The molecule has 2 saturated carbocycles. The van der Waals surface area contributed by atoms with E-state index in [1.54, 1.807) is 24.3 Å². The van der Waals surface area contributed by atoms with Gasteiger partial charge in [0, 0.05) is 35.8 Å². The van der Waals surface area contributed by atoms with Crippen molar-refractivity contribution in [1.82, 2.24) is 15.6 Å². The first-order valence-corrected chi connectivity index (χ1v) is 11.6. The van der Waals surface area contributed by atoms with Gasteiger partial charge in [0.1, 0.15) is 5.82 Å². The second kappa shape index (κ2) is 10.2. The summed E-state index contributed by atoms with van der Waals surface area (Å²) in [6.45, 7) is 0. The van der Waals surface area contributed by atoms with Crippen LogP contribution >= 0.6 is 0 Å². The third-order valence-electron chi connectivity index (χ3n) is 6.67. The monoisotopic (exact) mass is 438 g/mol. The van der Waals surface area contributed by atoms with E-state index in [0.717, 1.165) is 44.9 Å². The molecule has 4 rings (SSSR count). The Hall–Kier alpha value is -2.80. The van der Waals surface area contributed by atoms with Crippen LogP contribution in [0.4, 0.5) is 4.39 Å². The number of nitrogens with zero attached hydrogens (tertiary/aromatic N) is 1.